The second-order valence-corrected chi connectivity index (χ2v) is 5.43. The van der Waals surface area contributed by atoms with Crippen LogP contribution in [0.25, 0.3) is 0 Å². The first-order valence-corrected chi connectivity index (χ1v) is 7.06. The first-order valence-electron chi connectivity index (χ1n) is 6.62. The Morgan fingerprint density at radius 2 is 1.75 bits per heavy atom. The Morgan fingerprint density at radius 1 is 1.10 bits per heavy atom. The summed E-state index contributed by atoms with van der Waals surface area (Å²) >= 11 is 6.52. The average molecular weight is 288 g/mol. The molecule has 1 aliphatic carbocycles. The minimum Gasteiger partial charge on any atom is -0.264 e. The van der Waals surface area contributed by atoms with Crippen LogP contribution in [0.3, 0.4) is 0 Å². The second-order valence-electron chi connectivity index (χ2n) is 5.00. The number of hydrogen-bond acceptors (Lipinski definition) is 2. The molecule has 0 bridgehead atoms. The zero-order valence-electron chi connectivity index (χ0n) is 11.0. The third-order valence-corrected chi connectivity index (χ3v) is 4.37. The van der Waals surface area contributed by atoms with Crippen molar-refractivity contribution in [3.05, 3.63) is 80.4 Å². The highest BCUT2D eigenvalue weighted by Crippen LogP contribution is 2.45. The molecule has 2 aromatic carbocycles. The van der Waals surface area contributed by atoms with E-state index in [0.29, 0.717) is 5.56 Å². The number of fused-ring (bicyclic) bond motifs is 2. The maximum absolute atomic E-state index is 11.5. The van der Waals surface area contributed by atoms with Gasteiger partial charge >= 0.3 is 0 Å². The van der Waals surface area contributed by atoms with Crippen LogP contribution < -0.4 is 0 Å². The summed E-state index contributed by atoms with van der Waals surface area (Å²) in [7, 11) is 0. The molecule has 3 rings (SSSR count). The van der Waals surface area contributed by atoms with E-state index in [0.717, 1.165) is 28.7 Å². The minimum absolute atomic E-state index is 0.222. The number of alkyl halides is 1. The molecule has 102 valence electrons. The monoisotopic (exact) mass is 287 g/mol. The maximum atomic E-state index is 11.5. The summed E-state index contributed by atoms with van der Waals surface area (Å²) in [4.78, 5) is 11.3. The molecule has 0 radical (unpaired) electrons. The van der Waals surface area contributed by atoms with Crippen LogP contribution in [-0.2, 0) is 6.42 Å². The summed E-state index contributed by atoms with van der Waals surface area (Å²) in [6.45, 7) is 2.04. The molecule has 0 heterocycles. The quantitative estimate of drug-likeness (QED) is 0.470. The molecule has 0 fully saturated rings. The second kappa shape index (κ2) is 4.91. The lowest BCUT2D eigenvalue weighted by Gasteiger charge is -2.27. The number of nitrogens with zero attached hydrogens (tertiary/aromatic N) is 1. The molecule has 2 unspecified atom stereocenters. The van der Waals surface area contributed by atoms with Gasteiger partial charge in [0.2, 0.25) is 0 Å². The van der Waals surface area contributed by atoms with E-state index in [-0.39, 0.29) is 10.3 Å². The number of halogens is 1. The van der Waals surface area contributed by atoms with Gasteiger partial charge in [0.15, 0.2) is 0 Å². The predicted octanol–water partition coefficient (Wildman–Crippen LogP) is 4.26. The van der Waals surface area contributed by atoms with Gasteiger partial charge in [0, 0.05) is 16.1 Å². The summed E-state index contributed by atoms with van der Waals surface area (Å²) in [6.07, 6.45) is 0.853. The van der Waals surface area contributed by atoms with Crippen molar-refractivity contribution in [2.45, 2.75) is 24.8 Å². The molecule has 0 aliphatic heterocycles. The lowest BCUT2D eigenvalue weighted by Crippen LogP contribution is -2.21. The van der Waals surface area contributed by atoms with Crippen molar-refractivity contribution >= 4 is 11.6 Å². The lowest BCUT2D eigenvalue weighted by atomic mass is 9.81. The average Bonchev–Trinajstić information content (AvgIpc) is 2.46. The van der Waals surface area contributed by atoms with Gasteiger partial charge in [-0.1, -0.05) is 43.3 Å². The number of rotatable bonds is 2. The fourth-order valence-electron chi connectivity index (χ4n) is 2.86. The number of aryl methyl sites for hydroxylation is 1. The maximum Gasteiger partial charge on any atom is 0.263 e. The predicted molar refractivity (Wildman–Crippen MR) is 78.8 cm³/mol. The van der Waals surface area contributed by atoms with E-state index in [1.165, 1.54) is 0 Å². The first-order chi connectivity index (χ1) is 9.63. The van der Waals surface area contributed by atoms with E-state index >= 15 is 0 Å². The molecule has 0 aromatic heterocycles. The first kappa shape index (κ1) is 13.1. The molecular weight excluding hydrogens is 274 g/mol. The van der Waals surface area contributed by atoms with Crippen molar-refractivity contribution in [3.8, 4) is 0 Å². The van der Waals surface area contributed by atoms with Crippen LogP contribution in [0.15, 0.2) is 42.5 Å². The third kappa shape index (κ3) is 1.90. The van der Waals surface area contributed by atoms with E-state index in [1.54, 1.807) is 6.07 Å². The van der Waals surface area contributed by atoms with Crippen molar-refractivity contribution in [1.82, 2.24) is 0 Å². The Hall–Kier alpha value is -1.87. The van der Waals surface area contributed by atoms with Gasteiger partial charge in [-0.05, 0) is 29.2 Å². The lowest BCUT2D eigenvalue weighted by molar-refractivity contribution is -0.517. The standard InChI is InChI=1S/C16H14ClNO2/c1-2-10-7-8-12-14(9-10)16(18(19)20)13-6-4-3-5-11(13)15(12)17/h3-9,15-16H,2H2,1H3. The third-order valence-electron chi connectivity index (χ3n) is 3.90. The van der Waals surface area contributed by atoms with E-state index < -0.39 is 6.04 Å². The van der Waals surface area contributed by atoms with Gasteiger partial charge < -0.3 is 0 Å². The Morgan fingerprint density at radius 3 is 2.40 bits per heavy atom. The Bertz CT molecular complexity index is 684. The van der Waals surface area contributed by atoms with Crippen molar-refractivity contribution in [1.29, 1.82) is 0 Å². The Kier molecular flexibility index (Phi) is 3.22. The van der Waals surface area contributed by atoms with Crippen molar-refractivity contribution in [3.63, 3.8) is 0 Å². The van der Waals surface area contributed by atoms with E-state index in [1.807, 2.05) is 43.3 Å². The van der Waals surface area contributed by atoms with E-state index in [9.17, 15) is 10.1 Å². The van der Waals surface area contributed by atoms with Gasteiger partial charge in [-0.25, -0.2) is 0 Å². The molecule has 1 aliphatic rings. The van der Waals surface area contributed by atoms with Gasteiger partial charge in [-0.2, -0.15) is 0 Å². The van der Waals surface area contributed by atoms with E-state index in [4.69, 9.17) is 11.6 Å². The summed E-state index contributed by atoms with van der Waals surface area (Å²) in [5.41, 5.74) is 4.22. The summed E-state index contributed by atoms with van der Waals surface area (Å²) in [5, 5.41) is 11.2. The Labute approximate surface area is 122 Å². The summed E-state index contributed by atoms with van der Waals surface area (Å²) in [6, 6.07) is 12.4. The molecule has 0 N–H and O–H groups in total. The van der Waals surface area contributed by atoms with Crippen LogP contribution in [0, 0.1) is 10.1 Å². The summed E-state index contributed by atoms with van der Waals surface area (Å²) in [5.74, 6) is 0. The van der Waals surface area contributed by atoms with Crippen molar-refractivity contribution in [2.75, 3.05) is 0 Å². The fourth-order valence-corrected chi connectivity index (χ4v) is 3.26. The highest BCUT2D eigenvalue weighted by molar-refractivity contribution is 6.23. The SMILES string of the molecule is CCc1ccc2c(c1)C([N+](=O)[O-])c1ccccc1C2Cl. The molecule has 0 saturated heterocycles. The van der Waals surface area contributed by atoms with Crippen molar-refractivity contribution < 1.29 is 4.92 Å². The van der Waals surface area contributed by atoms with Crippen LogP contribution in [0.4, 0.5) is 0 Å². The van der Waals surface area contributed by atoms with Crippen molar-refractivity contribution in [2.24, 2.45) is 0 Å². The molecule has 2 atom stereocenters. The minimum atomic E-state index is -0.817. The number of benzene rings is 2. The molecule has 4 heteroatoms. The molecule has 3 nitrogen and oxygen atoms in total. The molecule has 0 saturated carbocycles. The molecular formula is C16H14ClNO2. The van der Waals surface area contributed by atoms with Gasteiger partial charge in [-0.15, -0.1) is 11.6 Å². The molecule has 20 heavy (non-hydrogen) atoms. The highest BCUT2D eigenvalue weighted by atomic mass is 35.5. The van der Waals surface area contributed by atoms with Crippen LogP contribution in [-0.4, -0.2) is 4.92 Å². The number of hydrogen-bond donors (Lipinski definition) is 0. The van der Waals surface area contributed by atoms with Crippen LogP contribution in [0.5, 0.6) is 0 Å². The Balaban J connectivity index is 2.27. The molecule has 2 aromatic rings. The van der Waals surface area contributed by atoms with Gasteiger partial charge in [-0.3, -0.25) is 10.1 Å². The zero-order chi connectivity index (χ0) is 14.3. The number of nitro groups is 1. The van der Waals surface area contributed by atoms with Crippen LogP contribution in [0.2, 0.25) is 0 Å². The molecule has 0 amide bonds. The topological polar surface area (TPSA) is 43.1 Å². The van der Waals surface area contributed by atoms with Gasteiger partial charge in [0.25, 0.3) is 6.04 Å². The largest absolute Gasteiger partial charge is 0.264 e. The fraction of sp³-hybridized carbons (Fsp3) is 0.250. The normalized spacial score (nSPS) is 20.1. The van der Waals surface area contributed by atoms with Crippen LogP contribution >= 0.6 is 11.6 Å². The van der Waals surface area contributed by atoms with E-state index in [2.05, 4.69) is 0 Å². The highest BCUT2D eigenvalue weighted by Gasteiger charge is 2.37. The smallest absolute Gasteiger partial charge is 0.263 e. The molecule has 0 spiro atoms. The van der Waals surface area contributed by atoms with Gasteiger partial charge in [0.05, 0.1) is 5.38 Å². The van der Waals surface area contributed by atoms with Crippen LogP contribution in [0.1, 0.15) is 46.2 Å². The van der Waals surface area contributed by atoms with Gasteiger partial charge in [0.1, 0.15) is 0 Å². The summed E-state index contributed by atoms with van der Waals surface area (Å²) < 4.78 is 0. The zero-order valence-corrected chi connectivity index (χ0v) is 11.8.